The van der Waals surface area contributed by atoms with Crippen LogP contribution in [-0.4, -0.2) is 30.7 Å². The van der Waals surface area contributed by atoms with Gasteiger partial charge in [-0.3, -0.25) is 4.79 Å². The average Bonchev–Trinajstić information content (AvgIpc) is 2.44. The Hall–Kier alpha value is -1.39. The number of aryl methyl sites for hydroxylation is 2. The van der Waals surface area contributed by atoms with E-state index in [9.17, 15) is 4.79 Å². The molecule has 3 atom stereocenters. The third-order valence-electron chi connectivity index (χ3n) is 3.84. The molecule has 110 valence electrons. The molecule has 1 saturated carbocycles. The van der Waals surface area contributed by atoms with Crippen molar-refractivity contribution in [3.63, 3.8) is 0 Å². The molecule has 3 N–H and O–H groups in total. The fourth-order valence-corrected chi connectivity index (χ4v) is 2.50. The number of hydrogen-bond donors (Lipinski definition) is 2. The number of benzene rings is 1. The van der Waals surface area contributed by atoms with Gasteiger partial charge in [0.05, 0.1) is 12.1 Å². The van der Waals surface area contributed by atoms with Gasteiger partial charge in [-0.05, 0) is 32.3 Å². The summed E-state index contributed by atoms with van der Waals surface area (Å²) < 4.78 is 5.54. The van der Waals surface area contributed by atoms with Crippen molar-refractivity contribution in [2.24, 2.45) is 5.73 Å². The van der Waals surface area contributed by atoms with E-state index in [2.05, 4.69) is 36.5 Å². The van der Waals surface area contributed by atoms with Gasteiger partial charge in [0.2, 0.25) is 5.91 Å². The number of rotatable bonds is 6. The molecular weight excluding hydrogens is 252 g/mol. The highest BCUT2D eigenvalue weighted by atomic mass is 16.5. The van der Waals surface area contributed by atoms with Crippen molar-refractivity contribution in [3.05, 3.63) is 35.4 Å². The largest absolute Gasteiger partial charge is 0.376 e. The van der Waals surface area contributed by atoms with Gasteiger partial charge in [0.15, 0.2) is 0 Å². The van der Waals surface area contributed by atoms with E-state index >= 15 is 0 Å². The second-order valence-electron chi connectivity index (χ2n) is 5.47. The second-order valence-corrected chi connectivity index (χ2v) is 5.47. The van der Waals surface area contributed by atoms with Crippen LogP contribution in [0.5, 0.6) is 0 Å². The fourth-order valence-electron chi connectivity index (χ4n) is 2.50. The Bertz CT molecular complexity index is 442. The van der Waals surface area contributed by atoms with Crippen LogP contribution in [0.4, 0.5) is 0 Å². The number of nitrogens with two attached hydrogens (primary N) is 1. The number of hydrogen-bond acceptors (Lipinski definition) is 3. The first-order valence-corrected chi connectivity index (χ1v) is 7.32. The summed E-state index contributed by atoms with van der Waals surface area (Å²) in [5.74, 6) is 0.0513. The molecule has 1 amide bonds. The highest BCUT2D eigenvalue weighted by molar-refractivity contribution is 5.76. The summed E-state index contributed by atoms with van der Waals surface area (Å²) in [4.78, 5) is 12.0. The van der Waals surface area contributed by atoms with E-state index < -0.39 is 0 Å². The zero-order chi connectivity index (χ0) is 14.5. The SMILES string of the molecule is CCOC1CC(N)C1NC(=O)CCc1ccc(C)cc1. The lowest BCUT2D eigenvalue weighted by molar-refractivity contribution is -0.125. The van der Waals surface area contributed by atoms with Crippen LogP contribution in [0.1, 0.15) is 30.9 Å². The first-order valence-electron chi connectivity index (χ1n) is 7.32. The number of ether oxygens (including phenoxy) is 1. The van der Waals surface area contributed by atoms with Gasteiger partial charge in [-0.15, -0.1) is 0 Å². The second kappa shape index (κ2) is 6.86. The highest BCUT2D eigenvalue weighted by Crippen LogP contribution is 2.22. The quantitative estimate of drug-likeness (QED) is 0.828. The third-order valence-corrected chi connectivity index (χ3v) is 3.84. The van der Waals surface area contributed by atoms with Gasteiger partial charge < -0.3 is 15.8 Å². The number of carbonyl (C=O) groups excluding carboxylic acids is 1. The van der Waals surface area contributed by atoms with Crippen LogP contribution in [0.25, 0.3) is 0 Å². The molecule has 4 heteroatoms. The van der Waals surface area contributed by atoms with Gasteiger partial charge in [-0.1, -0.05) is 29.8 Å². The van der Waals surface area contributed by atoms with E-state index in [4.69, 9.17) is 10.5 Å². The van der Waals surface area contributed by atoms with Crippen molar-refractivity contribution >= 4 is 5.91 Å². The molecule has 0 aromatic heterocycles. The molecule has 1 aromatic carbocycles. The number of amides is 1. The topological polar surface area (TPSA) is 64.3 Å². The average molecular weight is 276 g/mol. The van der Waals surface area contributed by atoms with E-state index in [1.165, 1.54) is 11.1 Å². The molecule has 20 heavy (non-hydrogen) atoms. The summed E-state index contributed by atoms with van der Waals surface area (Å²) in [7, 11) is 0. The van der Waals surface area contributed by atoms with Crippen LogP contribution >= 0.6 is 0 Å². The fraction of sp³-hybridized carbons (Fsp3) is 0.562. The van der Waals surface area contributed by atoms with Gasteiger partial charge in [0, 0.05) is 19.1 Å². The van der Waals surface area contributed by atoms with Gasteiger partial charge in [0.25, 0.3) is 0 Å². The Kier molecular flexibility index (Phi) is 5.15. The molecule has 1 aliphatic rings. The van der Waals surface area contributed by atoms with Crippen molar-refractivity contribution in [1.82, 2.24) is 5.32 Å². The number of carbonyl (C=O) groups is 1. The lowest BCUT2D eigenvalue weighted by atomic mass is 9.83. The van der Waals surface area contributed by atoms with Crippen molar-refractivity contribution in [3.8, 4) is 0 Å². The molecule has 0 bridgehead atoms. The lowest BCUT2D eigenvalue weighted by Gasteiger charge is -2.42. The Morgan fingerprint density at radius 1 is 1.40 bits per heavy atom. The Balaban J connectivity index is 1.76. The molecule has 4 nitrogen and oxygen atoms in total. The van der Waals surface area contributed by atoms with Crippen LogP contribution in [0, 0.1) is 6.92 Å². The summed E-state index contributed by atoms with van der Waals surface area (Å²) in [5.41, 5.74) is 8.34. The minimum absolute atomic E-state index is 0.0230. The van der Waals surface area contributed by atoms with E-state index in [-0.39, 0.29) is 24.1 Å². The predicted molar refractivity (Wildman–Crippen MR) is 79.4 cm³/mol. The van der Waals surface area contributed by atoms with Gasteiger partial charge in [-0.25, -0.2) is 0 Å². The summed E-state index contributed by atoms with van der Waals surface area (Å²) in [6.07, 6.45) is 2.16. The van der Waals surface area contributed by atoms with Crippen LogP contribution in [-0.2, 0) is 16.0 Å². The molecular formula is C16H24N2O2. The zero-order valence-electron chi connectivity index (χ0n) is 12.3. The lowest BCUT2D eigenvalue weighted by Crippen LogP contribution is -2.64. The molecule has 0 heterocycles. The minimum Gasteiger partial charge on any atom is -0.376 e. The predicted octanol–water partition coefficient (Wildman–Crippen LogP) is 1.55. The standard InChI is InChI=1S/C16H24N2O2/c1-3-20-14-10-13(17)16(14)18-15(19)9-8-12-6-4-11(2)5-7-12/h4-7,13-14,16H,3,8-10,17H2,1-2H3,(H,18,19). The Labute approximate surface area is 120 Å². The van der Waals surface area contributed by atoms with Crippen LogP contribution < -0.4 is 11.1 Å². The Morgan fingerprint density at radius 2 is 2.10 bits per heavy atom. The molecule has 0 saturated heterocycles. The third kappa shape index (κ3) is 3.81. The van der Waals surface area contributed by atoms with Gasteiger partial charge in [-0.2, -0.15) is 0 Å². The monoisotopic (exact) mass is 276 g/mol. The van der Waals surface area contributed by atoms with E-state index in [0.717, 1.165) is 12.8 Å². The van der Waals surface area contributed by atoms with Crippen LogP contribution in [0.3, 0.4) is 0 Å². The molecule has 0 aliphatic heterocycles. The molecule has 2 rings (SSSR count). The summed E-state index contributed by atoms with van der Waals surface area (Å²) in [6.45, 7) is 4.68. The minimum atomic E-state index is -0.0273. The molecule has 1 fully saturated rings. The van der Waals surface area contributed by atoms with E-state index in [1.54, 1.807) is 0 Å². The van der Waals surface area contributed by atoms with Crippen LogP contribution in [0.15, 0.2) is 24.3 Å². The van der Waals surface area contributed by atoms with Crippen molar-refractivity contribution in [2.75, 3.05) is 6.61 Å². The smallest absolute Gasteiger partial charge is 0.220 e. The van der Waals surface area contributed by atoms with Crippen molar-refractivity contribution in [1.29, 1.82) is 0 Å². The van der Waals surface area contributed by atoms with Crippen molar-refractivity contribution in [2.45, 2.75) is 51.3 Å². The maximum Gasteiger partial charge on any atom is 0.220 e. The highest BCUT2D eigenvalue weighted by Gasteiger charge is 2.40. The number of nitrogens with one attached hydrogen (secondary N) is 1. The van der Waals surface area contributed by atoms with Gasteiger partial charge >= 0.3 is 0 Å². The zero-order valence-corrected chi connectivity index (χ0v) is 12.3. The van der Waals surface area contributed by atoms with E-state index in [1.807, 2.05) is 6.92 Å². The van der Waals surface area contributed by atoms with E-state index in [0.29, 0.717) is 13.0 Å². The maximum absolute atomic E-state index is 12.0. The Morgan fingerprint density at radius 3 is 2.70 bits per heavy atom. The summed E-state index contributed by atoms with van der Waals surface area (Å²) in [5, 5.41) is 2.99. The van der Waals surface area contributed by atoms with Crippen LogP contribution in [0.2, 0.25) is 0 Å². The molecule has 1 aliphatic carbocycles. The molecule has 0 radical (unpaired) electrons. The normalized spacial score (nSPS) is 25.1. The summed E-state index contributed by atoms with van der Waals surface area (Å²) in [6, 6.07) is 8.28. The molecule has 1 aromatic rings. The first-order chi connectivity index (χ1) is 9.60. The maximum atomic E-state index is 12.0. The summed E-state index contributed by atoms with van der Waals surface area (Å²) >= 11 is 0. The van der Waals surface area contributed by atoms with Crippen molar-refractivity contribution < 1.29 is 9.53 Å². The van der Waals surface area contributed by atoms with Gasteiger partial charge in [0.1, 0.15) is 0 Å². The molecule has 3 unspecified atom stereocenters. The first kappa shape index (κ1) is 15.0. The molecule has 0 spiro atoms.